The summed E-state index contributed by atoms with van der Waals surface area (Å²) in [6.07, 6.45) is 48.2. The molecule has 0 rings (SSSR count). The third-order valence-electron chi connectivity index (χ3n) is 11.8. The van der Waals surface area contributed by atoms with E-state index in [1.165, 1.54) is 186 Å². The molecule has 0 fully saturated rings. The summed E-state index contributed by atoms with van der Waals surface area (Å²) in [5.41, 5.74) is 0. The lowest BCUT2D eigenvalue weighted by molar-refractivity contribution is -0.167. The highest BCUT2D eigenvalue weighted by Crippen LogP contribution is 2.17. The Morgan fingerprint density at radius 1 is 0.328 bits per heavy atom. The Hall–Kier alpha value is -1.59. The first kappa shape index (κ1) is 56.4. The fourth-order valence-electron chi connectivity index (χ4n) is 7.86. The minimum Gasteiger partial charge on any atom is -0.462 e. The van der Waals surface area contributed by atoms with Gasteiger partial charge in [0.05, 0.1) is 0 Å². The molecule has 0 saturated carbocycles. The first-order valence-electron chi connectivity index (χ1n) is 25.9. The van der Waals surface area contributed by atoms with Crippen LogP contribution in [0.5, 0.6) is 0 Å². The van der Waals surface area contributed by atoms with E-state index in [0.29, 0.717) is 19.3 Å². The van der Waals surface area contributed by atoms with Gasteiger partial charge in [0, 0.05) is 19.3 Å². The Morgan fingerprint density at radius 3 is 0.845 bits per heavy atom. The highest BCUT2D eigenvalue weighted by molar-refractivity contribution is 5.71. The zero-order valence-electron chi connectivity index (χ0n) is 39.5. The van der Waals surface area contributed by atoms with Crippen molar-refractivity contribution in [3.8, 4) is 0 Å². The third kappa shape index (κ3) is 45.5. The van der Waals surface area contributed by atoms with Crippen molar-refractivity contribution >= 4 is 17.9 Å². The smallest absolute Gasteiger partial charge is 0.306 e. The van der Waals surface area contributed by atoms with E-state index >= 15 is 0 Å². The number of hydrogen-bond acceptors (Lipinski definition) is 6. The molecule has 1 atom stereocenters. The van der Waals surface area contributed by atoms with E-state index < -0.39 is 6.10 Å². The monoisotopic (exact) mass is 821 g/mol. The van der Waals surface area contributed by atoms with Gasteiger partial charge >= 0.3 is 17.9 Å². The Bertz CT molecular complexity index is 872. The molecular formula is C52H100O6. The van der Waals surface area contributed by atoms with Crippen molar-refractivity contribution in [1.82, 2.24) is 0 Å². The molecule has 0 aliphatic heterocycles. The van der Waals surface area contributed by atoms with Crippen molar-refractivity contribution in [2.75, 3.05) is 13.2 Å². The van der Waals surface area contributed by atoms with Crippen LogP contribution in [-0.2, 0) is 28.6 Å². The normalized spacial score (nSPS) is 11.9. The maximum atomic E-state index is 12.6. The summed E-state index contributed by atoms with van der Waals surface area (Å²) in [5, 5.41) is 0. The second-order valence-corrected chi connectivity index (χ2v) is 18.3. The number of rotatable bonds is 47. The number of hydrogen-bond donors (Lipinski definition) is 0. The summed E-state index contributed by atoms with van der Waals surface area (Å²) in [4.78, 5) is 37.7. The van der Waals surface area contributed by atoms with E-state index in [2.05, 4.69) is 27.7 Å². The van der Waals surface area contributed by atoms with Crippen molar-refractivity contribution in [2.24, 2.45) is 5.92 Å². The molecule has 6 nitrogen and oxygen atoms in total. The van der Waals surface area contributed by atoms with E-state index in [0.717, 1.165) is 63.7 Å². The van der Waals surface area contributed by atoms with Crippen molar-refractivity contribution in [1.29, 1.82) is 0 Å². The Kier molecular flexibility index (Phi) is 45.2. The zero-order chi connectivity index (χ0) is 42.4. The van der Waals surface area contributed by atoms with E-state index in [1.807, 2.05) is 0 Å². The predicted molar refractivity (Wildman–Crippen MR) is 247 cm³/mol. The van der Waals surface area contributed by atoms with Gasteiger partial charge in [0.2, 0.25) is 0 Å². The number of ether oxygens (including phenoxy) is 3. The SMILES string of the molecule is CCCCCCCCCCCCCCC(=O)OC[C@H](COC(=O)CCCCCCCCCCCCCCCCCCCCC(C)C)OC(=O)CCCCCCCCC. The second-order valence-electron chi connectivity index (χ2n) is 18.3. The minimum absolute atomic E-state index is 0.0633. The standard InChI is InChI=1S/C52H100O6/c1-5-7-9-11-13-14-15-25-28-32-35-39-43-50(53)56-46-49(58-52(55)45-41-37-30-12-10-8-6-2)47-57-51(54)44-40-36-33-29-26-23-21-19-17-16-18-20-22-24-27-31-34-38-42-48(3)4/h48-49H,5-47H2,1-4H3/t49-/m1/s1. The lowest BCUT2D eigenvalue weighted by Crippen LogP contribution is -2.30. The average molecular weight is 821 g/mol. The fraction of sp³-hybridized carbons (Fsp3) is 0.942. The van der Waals surface area contributed by atoms with Crippen molar-refractivity contribution in [3.63, 3.8) is 0 Å². The molecule has 0 N–H and O–H groups in total. The summed E-state index contributed by atoms with van der Waals surface area (Å²) < 4.78 is 16.7. The number of carbonyl (C=O) groups is 3. The minimum atomic E-state index is -0.758. The summed E-state index contributed by atoms with van der Waals surface area (Å²) in [5.74, 6) is 0.00654. The van der Waals surface area contributed by atoms with Crippen LogP contribution in [0.25, 0.3) is 0 Å². The van der Waals surface area contributed by atoms with Crippen molar-refractivity contribution in [2.45, 2.75) is 297 Å². The van der Waals surface area contributed by atoms with Gasteiger partial charge in [0.25, 0.3) is 0 Å². The van der Waals surface area contributed by atoms with Gasteiger partial charge in [0.1, 0.15) is 13.2 Å². The number of carbonyl (C=O) groups excluding carboxylic acids is 3. The van der Waals surface area contributed by atoms with Crippen LogP contribution in [0.4, 0.5) is 0 Å². The van der Waals surface area contributed by atoms with E-state index in [1.54, 1.807) is 0 Å². The Balaban J connectivity index is 4.09. The molecule has 0 aliphatic carbocycles. The number of unbranched alkanes of at least 4 members (excludes halogenated alkanes) is 34. The topological polar surface area (TPSA) is 78.9 Å². The Morgan fingerprint density at radius 2 is 0.569 bits per heavy atom. The molecule has 344 valence electrons. The molecule has 0 heterocycles. The summed E-state index contributed by atoms with van der Waals surface area (Å²) in [6, 6.07) is 0. The van der Waals surface area contributed by atoms with E-state index in [4.69, 9.17) is 14.2 Å². The zero-order valence-corrected chi connectivity index (χ0v) is 39.5. The van der Waals surface area contributed by atoms with Crippen molar-refractivity contribution < 1.29 is 28.6 Å². The molecule has 0 aromatic rings. The highest BCUT2D eigenvalue weighted by Gasteiger charge is 2.19. The van der Waals surface area contributed by atoms with Crippen LogP contribution in [0.3, 0.4) is 0 Å². The molecule has 0 spiro atoms. The molecule has 0 amide bonds. The van der Waals surface area contributed by atoms with Crippen LogP contribution in [0, 0.1) is 5.92 Å². The largest absolute Gasteiger partial charge is 0.462 e. The molecule has 0 bridgehead atoms. The van der Waals surface area contributed by atoms with Gasteiger partial charge in [-0.15, -0.1) is 0 Å². The quantitative estimate of drug-likeness (QED) is 0.0346. The molecule has 0 radical (unpaired) electrons. The van der Waals surface area contributed by atoms with Gasteiger partial charge in [-0.25, -0.2) is 0 Å². The van der Waals surface area contributed by atoms with Gasteiger partial charge < -0.3 is 14.2 Å². The first-order chi connectivity index (χ1) is 28.4. The first-order valence-corrected chi connectivity index (χ1v) is 25.9. The van der Waals surface area contributed by atoms with Gasteiger partial charge in [-0.2, -0.15) is 0 Å². The molecule has 6 heteroatoms. The van der Waals surface area contributed by atoms with Crippen LogP contribution in [0.2, 0.25) is 0 Å². The molecule has 0 aromatic carbocycles. The third-order valence-corrected chi connectivity index (χ3v) is 11.8. The maximum Gasteiger partial charge on any atom is 0.306 e. The summed E-state index contributed by atoms with van der Waals surface area (Å²) in [7, 11) is 0. The fourth-order valence-corrected chi connectivity index (χ4v) is 7.86. The second kappa shape index (κ2) is 46.5. The predicted octanol–water partition coefficient (Wildman–Crippen LogP) is 16.7. The van der Waals surface area contributed by atoms with E-state index in [-0.39, 0.29) is 31.1 Å². The highest BCUT2D eigenvalue weighted by atomic mass is 16.6. The maximum absolute atomic E-state index is 12.6. The van der Waals surface area contributed by atoms with Crippen LogP contribution in [0.1, 0.15) is 291 Å². The molecule has 58 heavy (non-hydrogen) atoms. The lowest BCUT2D eigenvalue weighted by Gasteiger charge is -2.18. The Labute approximate surface area is 361 Å². The molecule has 0 aromatic heterocycles. The lowest BCUT2D eigenvalue weighted by atomic mass is 10.0. The van der Waals surface area contributed by atoms with Gasteiger partial charge in [-0.1, -0.05) is 252 Å². The van der Waals surface area contributed by atoms with Crippen molar-refractivity contribution in [3.05, 3.63) is 0 Å². The molecule has 0 aliphatic rings. The van der Waals surface area contributed by atoms with E-state index in [9.17, 15) is 14.4 Å². The molecule has 0 saturated heterocycles. The van der Waals surface area contributed by atoms with Gasteiger partial charge in [-0.05, 0) is 25.2 Å². The molecule has 0 unspecified atom stereocenters. The van der Waals surface area contributed by atoms with Crippen LogP contribution in [-0.4, -0.2) is 37.2 Å². The van der Waals surface area contributed by atoms with Crippen LogP contribution in [0.15, 0.2) is 0 Å². The number of esters is 3. The van der Waals surface area contributed by atoms with Crippen LogP contribution >= 0.6 is 0 Å². The molecular weight excluding hydrogens is 721 g/mol. The summed E-state index contributed by atoms with van der Waals surface area (Å²) >= 11 is 0. The summed E-state index contributed by atoms with van der Waals surface area (Å²) in [6.45, 7) is 9.00. The van der Waals surface area contributed by atoms with Gasteiger partial charge in [-0.3, -0.25) is 14.4 Å². The van der Waals surface area contributed by atoms with Crippen LogP contribution < -0.4 is 0 Å². The average Bonchev–Trinajstić information content (AvgIpc) is 3.21. The van der Waals surface area contributed by atoms with Gasteiger partial charge in [0.15, 0.2) is 6.10 Å².